The molecule has 2 nitrogen and oxygen atoms in total. The van der Waals surface area contributed by atoms with Gasteiger partial charge in [-0.25, -0.2) is 4.39 Å². The Bertz CT molecular complexity index is 599. The fourth-order valence-electron chi connectivity index (χ4n) is 2.42. The number of rotatable bonds is 2. The fourth-order valence-corrected chi connectivity index (χ4v) is 2.42. The molecule has 0 aliphatic heterocycles. The molecule has 0 fully saturated rings. The van der Waals surface area contributed by atoms with Crippen molar-refractivity contribution in [3.8, 4) is 0 Å². The van der Waals surface area contributed by atoms with Gasteiger partial charge in [0, 0.05) is 11.8 Å². The first kappa shape index (κ1) is 13.7. The van der Waals surface area contributed by atoms with Crippen molar-refractivity contribution < 1.29 is 9.50 Å². The van der Waals surface area contributed by atoms with E-state index in [9.17, 15) is 9.50 Å². The van der Waals surface area contributed by atoms with Crippen molar-refractivity contribution in [3.63, 3.8) is 0 Å². The summed E-state index contributed by atoms with van der Waals surface area (Å²) in [6, 6.07) is 5.24. The van der Waals surface area contributed by atoms with Gasteiger partial charge in [-0.1, -0.05) is 12.1 Å². The van der Waals surface area contributed by atoms with Crippen LogP contribution >= 0.6 is 0 Å². The minimum atomic E-state index is -1.03. The van der Waals surface area contributed by atoms with Crippen molar-refractivity contribution in [2.24, 2.45) is 0 Å². The van der Waals surface area contributed by atoms with E-state index < -0.39 is 6.10 Å². The molecule has 0 spiro atoms. The number of aromatic nitrogens is 1. The topological polar surface area (TPSA) is 33.1 Å². The predicted molar refractivity (Wildman–Crippen MR) is 73.6 cm³/mol. The van der Waals surface area contributed by atoms with E-state index in [0.717, 1.165) is 22.3 Å². The summed E-state index contributed by atoms with van der Waals surface area (Å²) in [6.07, 6.45) is 0.661. The van der Waals surface area contributed by atoms with Gasteiger partial charge in [0.15, 0.2) is 0 Å². The van der Waals surface area contributed by atoms with E-state index in [1.165, 1.54) is 6.07 Å². The van der Waals surface area contributed by atoms with E-state index in [-0.39, 0.29) is 5.82 Å². The Balaban J connectivity index is 2.53. The molecule has 1 aromatic heterocycles. The quantitative estimate of drug-likeness (QED) is 0.895. The van der Waals surface area contributed by atoms with Crippen LogP contribution in [0.5, 0.6) is 0 Å². The molecule has 1 atom stereocenters. The van der Waals surface area contributed by atoms with Crippen LogP contribution in [0.15, 0.2) is 24.4 Å². The Morgan fingerprint density at radius 2 is 1.63 bits per heavy atom. The van der Waals surface area contributed by atoms with Crippen LogP contribution in [-0.2, 0) is 0 Å². The van der Waals surface area contributed by atoms with Gasteiger partial charge >= 0.3 is 0 Å². The Morgan fingerprint density at radius 3 is 2.21 bits per heavy atom. The van der Waals surface area contributed by atoms with E-state index in [4.69, 9.17) is 0 Å². The molecule has 1 heterocycles. The first-order chi connectivity index (χ1) is 8.90. The molecule has 1 unspecified atom stereocenters. The second-order valence-corrected chi connectivity index (χ2v) is 5.09. The van der Waals surface area contributed by atoms with E-state index >= 15 is 0 Å². The van der Waals surface area contributed by atoms with Crippen molar-refractivity contribution in [1.29, 1.82) is 0 Å². The van der Waals surface area contributed by atoms with Gasteiger partial charge in [-0.05, 0) is 56.0 Å². The standard InChI is InChI=1S/C16H18FNO/c1-9-5-11(3)14(13(17)7-9)16(19)15-12(4)6-10(2)8-18-15/h5-8,16,19H,1-4H3. The van der Waals surface area contributed by atoms with Gasteiger partial charge in [-0.15, -0.1) is 0 Å². The SMILES string of the molecule is Cc1cnc(C(O)c2c(C)cc(C)cc2F)c(C)c1. The first-order valence-corrected chi connectivity index (χ1v) is 6.28. The molecular formula is C16H18FNO. The fraction of sp³-hybridized carbons (Fsp3) is 0.312. The van der Waals surface area contributed by atoms with Crippen LogP contribution in [0.1, 0.15) is 39.6 Å². The number of nitrogens with zero attached hydrogens (tertiary/aromatic N) is 1. The lowest BCUT2D eigenvalue weighted by molar-refractivity contribution is 0.208. The van der Waals surface area contributed by atoms with Crippen molar-refractivity contribution >= 4 is 0 Å². The summed E-state index contributed by atoms with van der Waals surface area (Å²) < 4.78 is 14.1. The predicted octanol–water partition coefficient (Wildman–Crippen LogP) is 3.54. The number of hydrogen-bond acceptors (Lipinski definition) is 2. The molecule has 100 valence electrons. The summed E-state index contributed by atoms with van der Waals surface area (Å²) in [5, 5.41) is 10.4. The molecule has 0 saturated carbocycles. The molecule has 0 aliphatic rings. The van der Waals surface area contributed by atoms with Crippen LogP contribution in [-0.4, -0.2) is 10.1 Å². The highest BCUT2D eigenvalue weighted by Crippen LogP contribution is 2.29. The van der Waals surface area contributed by atoms with E-state index in [1.54, 1.807) is 13.1 Å². The Labute approximate surface area is 112 Å². The van der Waals surface area contributed by atoms with Crippen LogP contribution < -0.4 is 0 Å². The zero-order valence-electron chi connectivity index (χ0n) is 11.7. The Morgan fingerprint density at radius 1 is 1.00 bits per heavy atom. The minimum absolute atomic E-state index is 0.310. The number of aryl methyl sites for hydroxylation is 4. The molecule has 0 amide bonds. The van der Waals surface area contributed by atoms with Crippen LogP contribution in [0.3, 0.4) is 0 Å². The molecule has 1 N–H and O–H groups in total. The second kappa shape index (κ2) is 5.10. The van der Waals surface area contributed by atoms with Crippen LogP contribution in [0.25, 0.3) is 0 Å². The molecule has 2 rings (SSSR count). The molecular weight excluding hydrogens is 241 g/mol. The summed E-state index contributed by atoms with van der Waals surface area (Å²) >= 11 is 0. The van der Waals surface area contributed by atoms with E-state index in [2.05, 4.69) is 4.98 Å². The molecule has 0 radical (unpaired) electrons. The average molecular weight is 259 g/mol. The highest BCUT2D eigenvalue weighted by Gasteiger charge is 2.20. The Hall–Kier alpha value is -1.74. The van der Waals surface area contributed by atoms with Crippen molar-refractivity contribution in [2.75, 3.05) is 0 Å². The number of benzene rings is 1. The highest BCUT2D eigenvalue weighted by molar-refractivity contribution is 5.39. The first-order valence-electron chi connectivity index (χ1n) is 6.28. The molecule has 0 aliphatic carbocycles. The summed E-state index contributed by atoms with van der Waals surface area (Å²) in [5.41, 5.74) is 4.30. The molecule has 19 heavy (non-hydrogen) atoms. The largest absolute Gasteiger partial charge is 0.382 e. The number of halogens is 1. The third-order valence-electron chi connectivity index (χ3n) is 3.27. The third-order valence-corrected chi connectivity index (χ3v) is 3.27. The van der Waals surface area contributed by atoms with E-state index in [0.29, 0.717) is 11.3 Å². The van der Waals surface area contributed by atoms with Crippen LogP contribution in [0.2, 0.25) is 0 Å². The summed E-state index contributed by atoms with van der Waals surface area (Å²) in [4.78, 5) is 4.24. The number of aliphatic hydroxyl groups excluding tert-OH is 1. The third kappa shape index (κ3) is 2.66. The van der Waals surface area contributed by atoms with Gasteiger partial charge in [0.1, 0.15) is 11.9 Å². The summed E-state index contributed by atoms with van der Waals surface area (Å²) in [5.74, 6) is -0.383. The lowest BCUT2D eigenvalue weighted by Gasteiger charge is -2.17. The van der Waals surface area contributed by atoms with Crippen LogP contribution in [0, 0.1) is 33.5 Å². The summed E-state index contributed by atoms with van der Waals surface area (Å²) in [7, 11) is 0. The lowest BCUT2D eigenvalue weighted by atomic mass is 9.96. The maximum absolute atomic E-state index is 14.1. The summed E-state index contributed by atoms with van der Waals surface area (Å²) in [6.45, 7) is 7.45. The highest BCUT2D eigenvalue weighted by atomic mass is 19.1. The molecule has 0 saturated heterocycles. The molecule has 1 aromatic carbocycles. The number of hydrogen-bond donors (Lipinski definition) is 1. The lowest BCUT2D eigenvalue weighted by Crippen LogP contribution is -2.09. The van der Waals surface area contributed by atoms with Gasteiger partial charge in [0.2, 0.25) is 0 Å². The zero-order chi connectivity index (χ0) is 14.2. The normalized spacial score (nSPS) is 12.5. The minimum Gasteiger partial charge on any atom is -0.382 e. The average Bonchev–Trinajstić information content (AvgIpc) is 2.26. The van der Waals surface area contributed by atoms with E-state index in [1.807, 2.05) is 32.9 Å². The number of pyridine rings is 1. The maximum atomic E-state index is 14.1. The Kier molecular flexibility index (Phi) is 3.67. The van der Waals surface area contributed by atoms with Crippen molar-refractivity contribution in [3.05, 3.63) is 63.7 Å². The van der Waals surface area contributed by atoms with Gasteiger partial charge < -0.3 is 5.11 Å². The van der Waals surface area contributed by atoms with Gasteiger partial charge in [-0.3, -0.25) is 4.98 Å². The van der Waals surface area contributed by atoms with Crippen molar-refractivity contribution in [2.45, 2.75) is 33.8 Å². The number of aliphatic hydroxyl groups is 1. The molecule has 2 aromatic rings. The van der Waals surface area contributed by atoms with Gasteiger partial charge in [0.05, 0.1) is 5.69 Å². The second-order valence-electron chi connectivity index (χ2n) is 5.09. The maximum Gasteiger partial charge on any atom is 0.129 e. The smallest absolute Gasteiger partial charge is 0.129 e. The van der Waals surface area contributed by atoms with Crippen molar-refractivity contribution in [1.82, 2.24) is 4.98 Å². The zero-order valence-corrected chi connectivity index (χ0v) is 11.7. The van der Waals surface area contributed by atoms with Gasteiger partial charge in [-0.2, -0.15) is 0 Å². The van der Waals surface area contributed by atoms with Gasteiger partial charge in [0.25, 0.3) is 0 Å². The molecule has 3 heteroatoms. The van der Waals surface area contributed by atoms with Crippen LogP contribution in [0.4, 0.5) is 4.39 Å². The molecule has 0 bridgehead atoms. The monoisotopic (exact) mass is 259 g/mol.